The number of rotatable bonds is 7. The quantitative estimate of drug-likeness (QED) is 0.787. The van der Waals surface area contributed by atoms with Gasteiger partial charge in [-0.2, -0.15) is 0 Å². The molecule has 0 aliphatic rings. The summed E-state index contributed by atoms with van der Waals surface area (Å²) >= 11 is 5.92. The molecule has 0 radical (unpaired) electrons. The van der Waals surface area contributed by atoms with Gasteiger partial charge in [0, 0.05) is 12.4 Å². The maximum Gasteiger partial charge on any atom is 0.243 e. The Kier molecular flexibility index (Phi) is 5.77. The first-order valence-corrected chi connectivity index (χ1v) is 8.22. The number of halogens is 2. The van der Waals surface area contributed by atoms with Crippen LogP contribution >= 0.6 is 11.6 Å². The van der Waals surface area contributed by atoms with Crippen LogP contribution in [0.1, 0.15) is 26.7 Å². The fraction of sp³-hybridized carbons (Fsp3) is 0.538. The molecule has 1 aromatic rings. The van der Waals surface area contributed by atoms with E-state index in [0.717, 1.165) is 18.9 Å². The third-order valence-corrected chi connectivity index (χ3v) is 5.55. The number of sulfonamides is 1. The summed E-state index contributed by atoms with van der Waals surface area (Å²) in [7, 11) is -3.84. The van der Waals surface area contributed by atoms with Crippen molar-refractivity contribution < 1.29 is 12.8 Å². The molecule has 0 atom stereocenters. The third kappa shape index (κ3) is 3.91. The van der Waals surface area contributed by atoms with Crippen molar-refractivity contribution >= 4 is 21.6 Å². The fourth-order valence-corrected chi connectivity index (χ4v) is 3.43. The van der Waals surface area contributed by atoms with Crippen molar-refractivity contribution in [3.05, 3.63) is 30.1 Å². The lowest BCUT2D eigenvalue weighted by Crippen LogP contribution is -2.38. The summed E-state index contributed by atoms with van der Waals surface area (Å²) in [5, 5.41) is 0. The standard InChI is InChI=1S/C13H19ClFNO2S/c1-3-13(4-2,9-14)10-16-19(17,18)12-8-6-5-7-11(12)15/h5-8,16H,3-4,9-10H2,1-2H3. The van der Waals surface area contributed by atoms with E-state index in [4.69, 9.17) is 11.6 Å². The van der Waals surface area contributed by atoms with Crippen LogP contribution in [0, 0.1) is 11.2 Å². The molecule has 1 rings (SSSR count). The van der Waals surface area contributed by atoms with Crippen molar-refractivity contribution in [3.63, 3.8) is 0 Å². The summed E-state index contributed by atoms with van der Waals surface area (Å²) in [6, 6.07) is 5.32. The minimum absolute atomic E-state index is 0.208. The van der Waals surface area contributed by atoms with Gasteiger partial charge in [0.2, 0.25) is 10.0 Å². The van der Waals surface area contributed by atoms with E-state index in [9.17, 15) is 12.8 Å². The molecule has 0 amide bonds. The van der Waals surface area contributed by atoms with Crippen molar-refractivity contribution in [1.82, 2.24) is 4.72 Å². The second-order valence-corrected chi connectivity index (χ2v) is 6.60. The topological polar surface area (TPSA) is 46.2 Å². The number of hydrogen-bond donors (Lipinski definition) is 1. The van der Waals surface area contributed by atoms with E-state index in [2.05, 4.69) is 4.72 Å². The third-order valence-electron chi connectivity index (χ3n) is 3.55. The zero-order valence-corrected chi connectivity index (χ0v) is 12.7. The zero-order chi connectivity index (χ0) is 14.5. The maximum atomic E-state index is 13.5. The summed E-state index contributed by atoms with van der Waals surface area (Å²) in [4.78, 5) is -0.328. The lowest BCUT2D eigenvalue weighted by molar-refractivity contribution is 0.304. The second-order valence-electron chi connectivity index (χ2n) is 4.60. The van der Waals surface area contributed by atoms with Crippen LogP contribution in [-0.4, -0.2) is 20.8 Å². The molecule has 0 unspecified atom stereocenters. The highest BCUT2D eigenvalue weighted by Crippen LogP contribution is 2.27. The van der Waals surface area contributed by atoms with Crippen molar-refractivity contribution in [2.24, 2.45) is 5.41 Å². The monoisotopic (exact) mass is 307 g/mol. The van der Waals surface area contributed by atoms with Gasteiger partial charge in [0.1, 0.15) is 10.7 Å². The lowest BCUT2D eigenvalue weighted by Gasteiger charge is -2.29. The maximum absolute atomic E-state index is 13.5. The fourth-order valence-electron chi connectivity index (χ4n) is 1.72. The molecule has 108 valence electrons. The molecule has 0 fully saturated rings. The molecule has 1 aromatic carbocycles. The first-order valence-electron chi connectivity index (χ1n) is 6.21. The molecule has 0 heterocycles. The molecule has 3 nitrogen and oxygen atoms in total. The highest BCUT2D eigenvalue weighted by Gasteiger charge is 2.28. The average molecular weight is 308 g/mol. The normalized spacial score (nSPS) is 12.6. The van der Waals surface area contributed by atoms with E-state index in [1.807, 2.05) is 13.8 Å². The summed E-state index contributed by atoms with van der Waals surface area (Å²) in [6.45, 7) is 4.13. The summed E-state index contributed by atoms with van der Waals surface area (Å²) < 4.78 is 40.1. The van der Waals surface area contributed by atoms with Gasteiger partial charge in [0.15, 0.2) is 0 Å². The Bertz CT molecular complexity index is 507. The Morgan fingerprint density at radius 1 is 1.26 bits per heavy atom. The largest absolute Gasteiger partial charge is 0.243 e. The van der Waals surface area contributed by atoms with Gasteiger partial charge in [-0.15, -0.1) is 11.6 Å². The van der Waals surface area contributed by atoms with Gasteiger partial charge in [-0.05, 0) is 30.4 Å². The Labute approximate surface area is 119 Å². The number of alkyl halides is 1. The first-order chi connectivity index (χ1) is 8.90. The van der Waals surface area contributed by atoms with Gasteiger partial charge >= 0.3 is 0 Å². The molecule has 0 saturated heterocycles. The molecule has 0 spiro atoms. The van der Waals surface area contributed by atoms with Gasteiger partial charge in [0.25, 0.3) is 0 Å². The zero-order valence-electron chi connectivity index (χ0n) is 11.1. The number of benzene rings is 1. The van der Waals surface area contributed by atoms with Crippen LogP contribution in [0.3, 0.4) is 0 Å². The highest BCUT2D eigenvalue weighted by molar-refractivity contribution is 7.89. The number of nitrogens with one attached hydrogen (secondary N) is 1. The van der Waals surface area contributed by atoms with Crippen LogP contribution in [0.25, 0.3) is 0 Å². The van der Waals surface area contributed by atoms with Crippen molar-refractivity contribution in [1.29, 1.82) is 0 Å². The highest BCUT2D eigenvalue weighted by atomic mass is 35.5. The van der Waals surface area contributed by atoms with Gasteiger partial charge in [-0.25, -0.2) is 17.5 Å². The van der Waals surface area contributed by atoms with E-state index in [1.54, 1.807) is 0 Å². The van der Waals surface area contributed by atoms with Crippen LogP contribution in [-0.2, 0) is 10.0 Å². The molecular weight excluding hydrogens is 289 g/mol. The summed E-state index contributed by atoms with van der Waals surface area (Å²) in [5.41, 5.74) is -0.292. The van der Waals surface area contributed by atoms with Gasteiger partial charge in [-0.1, -0.05) is 26.0 Å². The van der Waals surface area contributed by atoms with E-state index in [-0.39, 0.29) is 16.9 Å². The molecular formula is C13H19ClFNO2S. The minimum Gasteiger partial charge on any atom is -0.210 e. The van der Waals surface area contributed by atoms with Crippen LogP contribution in [0.2, 0.25) is 0 Å². The van der Waals surface area contributed by atoms with Gasteiger partial charge in [-0.3, -0.25) is 0 Å². The second kappa shape index (κ2) is 6.68. The molecule has 19 heavy (non-hydrogen) atoms. The number of hydrogen-bond acceptors (Lipinski definition) is 2. The minimum atomic E-state index is -3.84. The molecule has 0 aromatic heterocycles. The van der Waals surface area contributed by atoms with Crippen LogP contribution < -0.4 is 4.72 Å². The lowest BCUT2D eigenvalue weighted by atomic mass is 9.85. The van der Waals surface area contributed by atoms with Crippen LogP contribution in [0.4, 0.5) is 4.39 Å². The van der Waals surface area contributed by atoms with Crippen LogP contribution in [0.15, 0.2) is 29.2 Å². The molecule has 6 heteroatoms. The Hall–Kier alpha value is -0.650. The van der Waals surface area contributed by atoms with E-state index in [0.29, 0.717) is 5.88 Å². The Morgan fingerprint density at radius 2 is 1.84 bits per heavy atom. The molecule has 1 N–H and O–H groups in total. The summed E-state index contributed by atoms with van der Waals surface area (Å²) in [5.74, 6) is -0.390. The van der Waals surface area contributed by atoms with Crippen molar-refractivity contribution in [2.45, 2.75) is 31.6 Å². The SMILES string of the molecule is CCC(CC)(CCl)CNS(=O)(=O)c1ccccc1F. The van der Waals surface area contributed by atoms with Gasteiger partial charge < -0.3 is 0 Å². The van der Waals surface area contributed by atoms with Crippen LogP contribution in [0.5, 0.6) is 0 Å². The van der Waals surface area contributed by atoms with E-state index in [1.165, 1.54) is 18.2 Å². The predicted molar refractivity (Wildman–Crippen MR) is 75.3 cm³/mol. The predicted octanol–water partition coefficient (Wildman–Crippen LogP) is 3.15. The Morgan fingerprint density at radius 3 is 2.32 bits per heavy atom. The average Bonchev–Trinajstić information content (AvgIpc) is 2.41. The van der Waals surface area contributed by atoms with E-state index < -0.39 is 15.8 Å². The van der Waals surface area contributed by atoms with E-state index >= 15 is 0 Å². The smallest absolute Gasteiger partial charge is 0.210 e. The molecule has 0 bridgehead atoms. The van der Waals surface area contributed by atoms with Crippen molar-refractivity contribution in [3.8, 4) is 0 Å². The van der Waals surface area contributed by atoms with Crippen molar-refractivity contribution in [2.75, 3.05) is 12.4 Å². The van der Waals surface area contributed by atoms with Gasteiger partial charge in [0.05, 0.1) is 0 Å². The molecule has 0 aliphatic heterocycles. The summed E-state index contributed by atoms with van der Waals surface area (Å²) in [6.07, 6.45) is 1.51. The molecule has 0 saturated carbocycles. The Balaban J connectivity index is 2.90. The molecule has 0 aliphatic carbocycles. The first kappa shape index (κ1) is 16.4.